The fourth-order valence-corrected chi connectivity index (χ4v) is 5.12. The molecule has 27 heavy (non-hydrogen) atoms. The van der Waals surface area contributed by atoms with Gasteiger partial charge in [0.15, 0.2) is 0 Å². The number of carbonyl (C=O) groups is 1. The lowest BCUT2D eigenvalue weighted by molar-refractivity contribution is -0.107. The highest BCUT2D eigenvalue weighted by Gasteiger charge is 2.39. The van der Waals surface area contributed by atoms with Crippen LogP contribution in [0, 0.1) is 0 Å². The van der Waals surface area contributed by atoms with E-state index in [2.05, 4.69) is 79.7 Å². The Morgan fingerprint density at radius 2 is 1.19 bits per heavy atom. The van der Waals surface area contributed by atoms with Gasteiger partial charge in [0.05, 0.1) is 10.00 Å². The van der Waals surface area contributed by atoms with Gasteiger partial charge in [0.25, 0.3) is 0 Å². The molecule has 0 aliphatic carbocycles. The molecular formula is C25H26OS. The van der Waals surface area contributed by atoms with Crippen molar-refractivity contribution in [1.82, 2.24) is 0 Å². The molecule has 1 atom stereocenters. The normalized spacial score (nSPS) is 12.5. The van der Waals surface area contributed by atoms with Crippen molar-refractivity contribution >= 4 is 18.0 Å². The Bertz CT molecular complexity index is 718. The van der Waals surface area contributed by atoms with Crippen LogP contribution in [0.2, 0.25) is 0 Å². The van der Waals surface area contributed by atoms with Crippen LogP contribution in [-0.2, 0) is 9.54 Å². The van der Waals surface area contributed by atoms with Crippen LogP contribution < -0.4 is 0 Å². The second kappa shape index (κ2) is 9.57. The number of thioether (sulfide) groups is 1. The maximum atomic E-state index is 12.0. The fourth-order valence-electron chi connectivity index (χ4n) is 3.51. The third-order valence-electron chi connectivity index (χ3n) is 4.86. The van der Waals surface area contributed by atoms with Gasteiger partial charge in [-0.3, -0.25) is 0 Å². The van der Waals surface area contributed by atoms with Crippen molar-refractivity contribution in [2.45, 2.75) is 36.2 Å². The van der Waals surface area contributed by atoms with Gasteiger partial charge < -0.3 is 4.79 Å². The Kier molecular flexibility index (Phi) is 6.89. The molecule has 0 aliphatic rings. The zero-order chi connectivity index (χ0) is 19.0. The van der Waals surface area contributed by atoms with E-state index in [1.807, 2.05) is 18.2 Å². The molecule has 1 nitrogen and oxygen atoms in total. The summed E-state index contributed by atoms with van der Waals surface area (Å²) in [6, 6.07) is 31.7. The van der Waals surface area contributed by atoms with Gasteiger partial charge in [-0.2, -0.15) is 0 Å². The zero-order valence-corrected chi connectivity index (χ0v) is 16.6. The monoisotopic (exact) mass is 374 g/mol. The first-order chi connectivity index (χ1) is 13.3. The number of carbonyl (C=O) groups excluding carboxylic acids is 1. The van der Waals surface area contributed by atoms with E-state index in [1.165, 1.54) is 16.7 Å². The van der Waals surface area contributed by atoms with E-state index < -0.39 is 4.75 Å². The van der Waals surface area contributed by atoms with Crippen molar-refractivity contribution in [3.05, 3.63) is 108 Å². The highest BCUT2D eigenvalue weighted by atomic mass is 32.2. The molecule has 0 radical (unpaired) electrons. The largest absolute Gasteiger partial charge is 0.302 e. The first-order valence-corrected chi connectivity index (χ1v) is 10.5. The standard InChI is InChI=1S/C25H26OS/c1-2-3-19-24(20-26)27-25(21-13-7-4-8-14-21,22-15-9-5-10-16-22)23-17-11-6-12-18-23/h4-18,20,24H,2-3,19H2,1H3. The first kappa shape index (κ1) is 19.4. The summed E-state index contributed by atoms with van der Waals surface area (Å²) in [5.74, 6) is 0. The summed E-state index contributed by atoms with van der Waals surface area (Å²) in [5, 5.41) is -0.0504. The number of hydrogen-bond donors (Lipinski definition) is 0. The summed E-state index contributed by atoms with van der Waals surface area (Å²) in [6.45, 7) is 2.17. The summed E-state index contributed by atoms with van der Waals surface area (Å²) in [6.07, 6.45) is 4.19. The Morgan fingerprint density at radius 3 is 1.52 bits per heavy atom. The molecule has 0 aromatic heterocycles. The number of aldehydes is 1. The minimum atomic E-state index is -0.414. The van der Waals surface area contributed by atoms with E-state index in [0.717, 1.165) is 25.5 Å². The lowest BCUT2D eigenvalue weighted by Gasteiger charge is -2.37. The Hall–Kier alpha value is -2.32. The fraction of sp³-hybridized carbons (Fsp3) is 0.240. The molecule has 0 fully saturated rings. The molecule has 0 N–H and O–H groups in total. The molecule has 1 unspecified atom stereocenters. The molecule has 0 saturated carbocycles. The van der Waals surface area contributed by atoms with E-state index in [4.69, 9.17) is 0 Å². The minimum Gasteiger partial charge on any atom is -0.302 e. The van der Waals surface area contributed by atoms with Crippen LogP contribution in [-0.4, -0.2) is 11.5 Å². The predicted octanol–water partition coefficient (Wildman–Crippen LogP) is 6.47. The van der Waals surface area contributed by atoms with Crippen molar-refractivity contribution in [2.24, 2.45) is 0 Å². The number of benzene rings is 3. The van der Waals surface area contributed by atoms with Gasteiger partial charge in [-0.1, -0.05) is 111 Å². The molecule has 3 aromatic carbocycles. The third-order valence-corrected chi connectivity index (χ3v) is 6.57. The van der Waals surface area contributed by atoms with Crippen LogP contribution in [0.5, 0.6) is 0 Å². The SMILES string of the molecule is CCCCC(C=O)SC(c1ccccc1)(c1ccccc1)c1ccccc1. The molecule has 2 heteroatoms. The minimum absolute atomic E-state index is 0.0504. The molecule has 0 bridgehead atoms. The van der Waals surface area contributed by atoms with Crippen LogP contribution in [0.4, 0.5) is 0 Å². The molecule has 0 spiro atoms. The van der Waals surface area contributed by atoms with Crippen molar-refractivity contribution in [1.29, 1.82) is 0 Å². The van der Waals surface area contributed by atoms with E-state index in [-0.39, 0.29) is 5.25 Å². The molecule has 0 heterocycles. The molecule has 138 valence electrons. The Labute approximate surface area is 166 Å². The molecule has 0 saturated heterocycles. The van der Waals surface area contributed by atoms with Crippen molar-refractivity contribution in [2.75, 3.05) is 0 Å². The van der Waals surface area contributed by atoms with Gasteiger partial charge in [-0.25, -0.2) is 0 Å². The quantitative estimate of drug-likeness (QED) is 0.315. The molecular weight excluding hydrogens is 348 g/mol. The van der Waals surface area contributed by atoms with Crippen LogP contribution in [0.3, 0.4) is 0 Å². The third kappa shape index (κ3) is 4.33. The number of hydrogen-bond acceptors (Lipinski definition) is 2. The molecule has 0 aliphatic heterocycles. The Morgan fingerprint density at radius 1 is 0.778 bits per heavy atom. The average Bonchev–Trinajstić information content (AvgIpc) is 2.76. The summed E-state index contributed by atoms with van der Waals surface area (Å²) in [7, 11) is 0. The van der Waals surface area contributed by atoms with Gasteiger partial charge >= 0.3 is 0 Å². The van der Waals surface area contributed by atoms with E-state index in [1.54, 1.807) is 11.8 Å². The van der Waals surface area contributed by atoms with Crippen LogP contribution in [0.1, 0.15) is 42.9 Å². The topological polar surface area (TPSA) is 17.1 Å². The van der Waals surface area contributed by atoms with Crippen LogP contribution in [0.15, 0.2) is 91.0 Å². The summed E-state index contributed by atoms with van der Waals surface area (Å²) >= 11 is 1.77. The lowest BCUT2D eigenvalue weighted by Crippen LogP contribution is -2.29. The van der Waals surface area contributed by atoms with Crippen LogP contribution in [0.25, 0.3) is 0 Å². The average molecular weight is 375 g/mol. The Balaban J connectivity index is 2.21. The summed E-state index contributed by atoms with van der Waals surface area (Å²) < 4.78 is -0.414. The van der Waals surface area contributed by atoms with Gasteiger partial charge in [0.2, 0.25) is 0 Å². The first-order valence-electron chi connectivity index (χ1n) is 9.61. The number of rotatable bonds is 9. The van der Waals surface area contributed by atoms with E-state index in [9.17, 15) is 4.79 Å². The number of unbranched alkanes of at least 4 members (excludes halogenated alkanes) is 1. The summed E-state index contributed by atoms with van der Waals surface area (Å²) in [5.41, 5.74) is 3.61. The predicted molar refractivity (Wildman–Crippen MR) is 116 cm³/mol. The van der Waals surface area contributed by atoms with Crippen molar-refractivity contribution < 1.29 is 4.79 Å². The summed E-state index contributed by atoms with van der Waals surface area (Å²) in [4.78, 5) is 12.0. The van der Waals surface area contributed by atoms with E-state index >= 15 is 0 Å². The molecule has 3 rings (SSSR count). The van der Waals surface area contributed by atoms with Crippen molar-refractivity contribution in [3.8, 4) is 0 Å². The van der Waals surface area contributed by atoms with E-state index in [0.29, 0.717) is 0 Å². The molecule has 3 aromatic rings. The highest BCUT2D eigenvalue weighted by Crippen LogP contribution is 2.50. The smallest absolute Gasteiger partial charge is 0.133 e. The second-order valence-corrected chi connectivity index (χ2v) is 8.17. The van der Waals surface area contributed by atoms with Gasteiger partial charge in [-0.05, 0) is 23.1 Å². The maximum absolute atomic E-state index is 12.0. The van der Waals surface area contributed by atoms with Gasteiger partial charge in [0, 0.05) is 0 Å². The molecule has 0 amide bonds. The zero-order valence-electron chi connectivity index (χ0n) is 15.8. The van der Waals surface area contributed by atoms with Crippen LogP contribution >= 0.6 is 11.8 Å². The highest BCUT2D eigenvalue weighted by molar-refractivity contribution is 8.01. The van der Waals surface area contributed by atoms with Crippen molar-refractivity contribution in [3.63, 3.8) is 0 Å². The maximum Gasteiger partial charge on any atom is 0.133 e. The lowest BCUT2D eigenvalue weighted by atomic mass is 9.84. The second-order valence-electron chi connectivity index (χ2n) is 6.71. The van der Waals surface area contributed by atoms with Gasteiger partial charge in [-0.15, -0.1) is 11.8 Å². The van der Waals surface area contributed by atoms with Gasteiger partial charge in [0.1, 0.15) is 6.29 Å².